The van der Waals surface area contributed by atoms with Gasteiger partial charge in [-0.25, -0.2) is 0 Å². The maximum atomic E-state index is 5.22. The van der Waals surface area contributed by atoms with Crippen LogP contribution in [0.3, 0.4) is 0 Å². The quantitative estimate of drug-likeness (QED) is 0.414. The van der Waals surface area contributed by atoms with Crippen molar-refractivity contribution in [2.24, 2.45) is 5.41 Å². The monoisotopic (exact) mass is 98.1 g/mol. The standard InChI is InChI=1S/C6H10O/c1-5(2)3-6(5)4-7-6/h3-4H2,1-2H3. The minimum atomic E-state index is 0.396. The van der Waals surface area contributed by atoms with Crippen LogP contribution in [0.4, 0.5) is 0 Å². The lowest BCUT2D eigenvalue weighted by molar-refractivity contribution is 0.353. The Balaban J connectivity index is 2.22. The molecule has 1 saturated heterocycles. The van der Waals surface area contributed by atoms with E-state index in [-0.39, 0.29) is 0 Å². The maximum Gasteiger partial charge on any atom is 0.0974 e. The molecule has 7 heavy (non-hydrogen) atoms. The molecule has 0 radical (unpaired) electrons. The number of epoxide rings is 1. The van der Waals surface area contributed by atoms with Gasteiger partial charge in [-0.15, -0.1) is 0 Å². The average Bonchev–Trinajstić information content (AvgIpc) is 2.22. The Bertz CT molecular complexity index is 109. The molecule has 1 saturated carbocycles. The predicted octanol–water partition coefficient (Wildman–Crippen LogP) is 1.19. The van der Waals surface area contributed by atoms with Gasteiger partial charge >= 0.3 is 0 Å². The van der Waals surface area contributed by atoms with E-state index < -0.39 is 0 Å². The molecule has 2 rings (SSSR count). The first-order chi connectivity index (χ1) is 3.16. The normalized spacial score (nSPS) is 52.3. The molecule has 0 bridgehead atoms. The third-order valence-electron chi connectivity index (χ3n) is 2.33. The molecule has 1 spiro atoms. The van der Waals surface area contributed by atoms with Crippen molar-refractivity contribution in [3.05, 3.63) is 0 Å². The maximum absolute atomic E-state index is 5.22. The van der Waals surface area contributed by atoms with Crippen LogP contribution in [0.2, 0.25) is 0 Å². The Morgan fingerprint density at radius 3 is 1.86 bits per heavy atom. The molecule has 0 aromatic heterocycles. The Morgan fingerprint density at radius 2 is 1.86 bits per heavy atom. The minimum absolute atomic E-state index is 0.396. The van der Waals surface area contributed by atoms with Crippen LogP contribution in [-0.2, 0) is 4.74 Å². The van der Waals surface area contributed by atoms with E-state index in [0.717, 1.165) is 6.61 Å². The fourth-order valence-corrected chi connectivity index (χ4v) is 1.25. The SMILES string of the molecule is CC1(C)CC12CO2. The zero-order chi connectivity index (χ0) is 5.12. The van der Waals surface area contributed by atoms with Crippen LogP contribution in [0.1, 0.15) is 20.3 Å². The highest BCUT2D eigenvalue weighted by molar-refractivity contribution is 5.20. The summed E-state index contributed by atoms with van der Waals surface area (Å²) in [7, 11) is 0. The summed E-state index contributed by atoms with van der Waals surface area (Å²) >= 11 is 0. The summed E-state index contributed by atoms with van der Waals surface area (Å²) in [5, 5.41) is 0. The lowest BCUT2D eigenvalue weighted by atomic mass is 10.1. The van der Waals surface area contributed by atoms with E-state index in [9.17, 15) is 0 Å². The molecule has 1 atom stereocenters. The predicted molar refractivity (Wildman–Crippen MR) is 27.1 cm³/mol. The molecule has 0 N–H and O–H groups in total. The number of ether oxygens (including phenoxy) is 1. The minimum Gasteiger partial charge on any atom is -0.369 e. The smallest absolute Gasteiger partial charge is 0.0974 e. The van der Waals surface area contributed by atoms with Crippen molar-refractivity contribution in [2.45, 2.75) is 25.9 Å². The Labute approximate surface area is 43.7 Å². The first kappa shape index (κ1) is 3.90. The molecule has 1 aliphatic heterocycles. The van der Waals surface area contributed by atoms with E-state index in [2.05, 4.69) is 13.8 Å². The van der Waals surface area contributed by atoms with Gasteiger partial charge in [0.1, 0.15) is 0 Å². The molecular formula is C6H10O. The molecule has 1 heteroatoms. The summed E-state index contributed by atoms with van der Waals surface area (Å²) in [5.74, 6) is 0. The summed E-state index contributed by atoms with van der Waals surface area (Å²) in [6.07, 6.45) is 1.29. The van der Waals surface area contributed by atoms with Gasteiger partial charge in [-0.05, 0) is 11.8 Å². The summed E-state index contributed by atoms with van der Waals surface area (Å²) < 4.78 is 5.22. The lowest BCUT2D eigenvalue weighted by Crippen LogP contribution is -1.94. The first-order valence-corrected chi connectivity index (χ1v) is 2.80. The van der Waals surface area contributed by atoms with Crippen LogP contribution in [0.15, 0.2) is 0 Å². The third-order valence-corrected chi connectivity index (χ3v) is 2.33. The van der Waals surface area contributed by atoms with Crippen LogP contribution < -0.4 is 0 Å². The summed E-state index contributed by atoms with van der Waals surface area (Å²) in [4.78, 5) is 0. The molecule has 0 aromatic rings. The van der Waals surface area contributed by atoms with Gasteiger partial charge in [-0.1, -0.05) is 13.8 Å². The van der Waals surface area contributed by atoms with Crippen molar-refractivity contribution in [3.8, 4) is 0 Å². The average molecular weight is 98.1 g/mol. The molecule has 0 amide bonds. The second-order valence-corrected chi connectivity index (χ2v) is 3.34. The molecule has 0 aromatic carbocycles. The van der Waals surface area contributed by atoms with Crippen LogP contribution in [0, 0.1) is 5.41 Å². The molecule has 2 aliphatic rings. The topological polar surface area (TPSA) is 12.5 Å². The van der Waals surface area contributed by atoms with E-state index in [4.69, 9.17) is 4.74 Å². The van der Waals surface area contributed by atoms with Gasteiger partial charge in [-0.2, -0.15) is 0 Å². The lowest BCUT2D eigenvalue weighted by Gasteiger charge is -1.91. The van der Waals surface area contributed by atoms with Gasteiger partial charge in [0.2, 0.25) is 0 Å². The van der Waals surface area contributed by atoms with E-state index in [1.165, 1.54) is 6.42 Å². The third kappa shape index (κ3) is 0.290. The molecule has 1 heterocycles. The summed E-state index contributed by atoms with van der Waals surface area (Å²) in [5.41, 5.74) is 0.931. The number of hydrogen-bond donors (Lipinski definition) is 0. The molecular weight excluding hydrogens is 88.1 g/mol. The van der Waals surface area contributed by atoms with Crippen molar-refractivity contribution in [3.63, 3.8) is 0 Å². The molecule has 1 aliphatic carbocycles. The Morgan fingerprint density at radius 1 is 1.43 bits per heavy atom. The van der Waals surface area contributed by atoms with Gasteiger partial charge in [-0.3, -0.25) is 0 Å². The van der Waals surface area contributed by atoms with Crippen molar-refractivity contribution >= 4 is 0 Å². The van der Waals surface area contributed by atoms with E-state index >= 15 is 0 Å². The highest BCUT2D eigenvalue weighted by Crippen LogP contribution is 2.66. The number of hydrogen-bond acceptors (Lipinski definition) is 1. The van der Waals surface area contributed by atoms with Crippen LogP contribution >= 0.6 is 0 Å². The first-order valence-electron chi connectivity index (χ1n) is 2.80. The fraction of sp³-hybridized carbons (Fsp3) is 1.00. The zero-order valence-corrected chi connectivity index (χ0v) is 4.82. The van der Waals surface area contributed by atoms with Gasteiger partial charge in [0.05, 0.1) is 12.2 Å². The van der Waals surface area contributed by atoms with E-state index in [1.54, 1.807) is 0 Å². The second kappa shape index (κ2) is 0.655. The summed E-state index contributed by atoms with van der Waals surface area (Å²) in [6.45, 7) is 5.56. The Hall–Kier alpha value is -0.0400. The van der Waals surface area contributed by atoms with Crippen LogP contribution in [0.25, 0.3) is 0 Å². The highest BCUT2D eigenvalue weighted by atomic mass is 16.6. The Kier molecular flexibility index (Phi) is 0.365. The molecule has 1 unspecified atom stereocenters. The van der Waals surface area contributed by atoms with Gasteiger partial charge in [0.15, 0.2) is 0 Å². The van der Waals surface area contributed by atoms with Gasteiger partial charge in [0.25, 0.3) is 0 Å². The summed E-state index contributed by atoms with van der Waals surface area (Å²) in [6, 6.07) is 0. The number of rotatable bonds is 0. The van der Waals surface area contributed by atoms with Crippen LogP contribution in [-0.4, -0.2) is 12.2 Å². The highest BCUT2D eigenvalue weighted by Gasteiger charge is 2.71. The van der Waals surface area contributed by atoms with Crippen molar-refractivity contribution in [2.75, 3.05) is 6.61 Å². The van der Waals surface area contributed by atoms with Crippen molar-refractivity contribution in [1.29, 1.82) is 0 Å². The molecule has 40 valence electrons. The van der Waals surface area contributed by atoms with Gasteiger partial charge < -0.3 is 4.74 Å². The van der Waals surface area contributed by atoms with Crippen LogP contribution in [0.5, 0.6) is 0 Å². The van der Waals surface area contributed by atoms with Crippen molar-refractivity contribution in [1.82, 2.24) is 0 Å². The second-order valence-electron chi connectivity index (χ2n) is 3.34. The zero-order valence-electron chi connectivity index (χ0n) is 4.82. The fourth-order valence-electron chi connectivity index (χ4n) is 1.25. The van der Waals surface area contributed by atoms with Gasteiger partial charge in [0, 0.05) is 0 Å². The van der Waals surface area contributed by atoms with E-state index in [1.807, 2.05) is 0 Å². The largest absolute Gasteiger partial charge is 0.369 e. The molecule has 1 nitrogen and oxygen atoms in total. The van der Waals surface area contributed by atoms with E-state index in [0.29, 0.717) is 11.0 Å². The molecule has 2 fully saturated rings. The van der Waals surface area contributed by atoms with Crippen molar-refractivity contribution < 1.29 is 4.74 Å².